The topological polar surface area (TPSA) is 86.9 Å². The molecule has 1 rings (SSSR count). The molecule has 0 atom stereocenters. The number of hydrogen-bond acceptors (Lipinski definition) is 3. The molecule has 13 heavy (non-hydrogen) atoms. The molecular formula is C7H10N4O2. The second-order valence-electron chi connectivity index (χ2n) is 2.42. The fourth-order valence-corrected chi connectivity index (χ4v) is 0.994. The van der Waals surface area contributed by atoms with Crippen molar-refractivity contribution in [2.45, 2.75) is 13.5 Å². The predicted octanol–water partition coefficient (Wildman–Crippen LogP) is -0.468. The van der Waals surface area contributed by atoms with E-state index in [-0.39, 0.29) is 0 Å². The lowest BCUT2D eigenvalue weighted by molar-refractivity contribution is -0.109. The van der Waals surface area contributed by atoms with Gasteiger partial charge in [0.05, 0.1) is 5.69 Å². The smallest absolute Gasteiger partial charge is 0.212 e. The van der Waals surface area contributed by atoms with E-state index in [1.807, 2.05) is 0 Å². The molecule has 0 radical (unpaired) electrons. The first-order valence-corrected chi connectivity index (χ1v) is 3.70. The summed E-state index contributed by atoms with van der Waals surface area (Å²) in [4.78, 5) is 20.2. The molecule has 3 N–H and O–H groups in total. The van der Waals surface area contributed by atoms with E-state index in [2.05, 4.69) is 20.8 Å². The number of H-pyrrole nitrogens is 1. The average molecular weight is 182 g/mol. The van der Waals surface area contributed by atoms with Crippen LogP contribution in [0.1, 0.15) is 11.3 Å². The Morgan fingerprint density at radius 3 is 2.85 bits per heavy atom. The summed E-state index contributed by atoms with van der Waals surface area (Å²) in [5, 5.41) is 11.5. The average Bonchev–Trinajstić information content (AvgIpc) is 2.45. The Balaban J connectivity index is 2.80. The van der Waals surface area contributed by atoms with E-state index in [9.17, 15) is 9.59 Å². The number of hydrogen-bond donors (Lipinski definition) is 3. The Morgan fingerprint density at radius 1 is 1.46 bits per heavy atom. The molecule has 0 aliphatic carbocycles. The molecule has 6 heteroatoms. The maximum atomic E-state index is 10.2. The number of aryl methyl sites for hydroxylation is 1. The summed E-state index contributed by atoms with van der Waals surface area (Å²) in [7, 11) is 0. The highest BCUT2D eigenvalue weighted by atomic mass is 16.1. The summed E-state index contributed by atoms with van der Waals surface area (Å²) in [6, 6.07) is 0. The van der Waals surface area contributed by atoms with E-state index in [1.165, 1.54) is 0 Å². The molecule has 0 aromatic carbocycles. The molecular weight excluding hydrogens is 172 g/mol. The number of carbonyl (C=O) groups is 2. The monoisotopic (exact) mass is 182 g/mol. The molecule has 0 fully saturated rings. The third-order valence-corrected chi connectivity index (χ3v) is 1.64. The van der Waals surface area contributed by atoms with Crippen LogP contribution in [0.3, 0.4) is 0 Å². The number of nitrogens with zero attached hydrogens (tertiary/aromatic N) is 1. The SMILES string of the molecule is Cc1n[nH]c(NC=O)c1CNC=O. The number of aromatic nitrogens is 2. The van der Waals surface area contributed by atoms with Crippen molar-refractivity contribution in [3.63, 3.8) is 0 Å². The first-order valence-electron chi connectivity index (χ1n) is 3.70. The largest absolute Gasteiger partial charge is 0.354 e. The number of rotatable bonds is 5. The zero-order chi connectivity index (χ0) is 9.68. The highest BCUT2D eigenvalue weighted by molar-refractivity contribution is 5.71. The third-order valence-electron chi connectivity index (χ3n) is 1.64. The van der Waals surface area contributed by atoms with Gasteiger partial charge in [-0.1, -0.05) is 0 Å². The Morgan fingerprint density at radius 2 is 2.23 bits per heavy atom. The van der Waals surface area contributed by atoms with Gasteiger partial charge in [-0.25, -0.2) is 0 Å². The van der Waals surface area contributed by atoms with Crippen molar-refractivity contribution in [1.29, 1.82) is 0 Å². The van der Waals surface area contributed by atoms with Gasteiger partial charge in [0, 0.05) is 12.1 Å². The van der Waals surface area contributed by atoms with E-state index in [0.29, 0.717) is 25.2 Å². The van der Waals surface area contributed by atoms with Gasteiger partial charge in [0.2, 0.25) is 12.8 Å². The summed E-state index contributed by atoms with van der Waals surface area (Å²) in [6.07, 6.45) is 1.15. The van der Waals surface area contributed by atoms with Gasteiger partial charge < -0.3 is 10.6 Å². The molecule has 0 bridgehead atoms. The van der Waals surface area contributed by atoms with Crippen molar-refractivity contribution in [2.24, 2.45) is 0 Å². The highest BCUT2D eigenvalue weighted by Gasteiger charge is 2.07. The minimum absolute atomic E-state index is 0.349. The maximum absolute atomic E-state index is 10.2. The second-order valence-corrected chi connectivity index (χ2v) is 2.42. The molecule has 0 aliphatic rings. The van der Waals surface area contributed by atoms with Crippen LogP contribution in [0.2, 0.25) is 0 Å². The summed E-state index contributed by atoms with van der Waals surface area (Å²) in [5.74, 6) is 0.516. The molecule has 1 aromatic rings. The summed E-state index contributed by atoms with van der Waals surface area (Å²) in [5.41, 5.74) is 1.53. The van der Waals surface area contributed by atoms with E-state index >= 15 is 0 Å². The van der Waals surface area contributed by atoms with E-state index in [0.717, 1.165) is 11.3 Å². The second kappa shape index (κ2) is 4.24. The molecule has 0 aliphatic heterocycles. The Hall–Kier alpha value is -1.85. The van der Waals surface area contributed by atoms with Gasteiger partial charge in [-0.05, 0) is 6.92 Å². The molecule has 6 nitrogen and oxygen atoms in total. The first-order chi connectivity index (χ1) is 6.29. The van der Waals surface area contributed by atoms with Crippen molar-refractivity contribution >= 4 is 18.6 Å². The Labute approximate surface area is 74.7 Å². The van der Waals surface area contributed by atoms with E-state index < -0.39 is 0 Å². The van der Waals surface area contributed by atoms with Crippen LogP contribution in [0, 0.1) is 6.92 Å². The van der Waals surface area contributed by atoms with Crippen LogP contribution in [-0.2, 0) is 16.1 Å². The molecule has 0 saturated carbocycles. The number of aromatic amines is 1. The van der Waals surface area contributed by atoms with Crippen LogP contribution in [-0.4, -0.2) is 23.0 Å². The van der Waals surface area contributed by atoms with Crippen LogP contribution in [0.4, 0.5) is 5.82 Å². The van der Waals surface area contributed by atoms with Gasteiger partial charge in [0.25, 0.3) is 0 Å². The Kier molecular flexibility index (Phi) is 3.02. The number of nitrogens with one attached hydrogen (secondary N) is 3. The normalized spacial score (nSPS) is 9.31. The maximum Gasteiger partial charge on any atom is 0.212 e. The predicted molar refractivity (Wildman–Crippen MR) is 45.9 cm³/mol. The van der Waals surface area contributed by atoms with Crippen molar-refractivity contribution in [3.05, 3.63) is 11.3 Å². The van der Waals surface area contributed by atoms with Gasteiger partial charge >= 0.3 is 0 Å². The lowest BCUT2D eigenvalue weighted by Crippen LogP contribution is -2.11. The van der Waals surface area contributed by atoms with Crippen LogP contribution in [0.15, 0.2) is 0 Å². The lowest BCUT2D eigenvalue weighted by Gasteiger charge is -2.00. The molecule has 2 amide bonds. The zero-order valence-electron chi connectivity index (χ0n) is 7.13. The van der Waals surface area contributed by atoms with Gasteiger partial charge in [-0.2, -0.15) is 5.10 Å². The zero-order valence-corrected chi connectivity index (χ0v) is 7.13. The van der Waals surface area contributed by atoms with Crippen molar-refractivity contribution < 1.29 is 9.59 Å². The minimum atomic E-state index is 0.349. The summed E-state index contributed by atoms with van der Waals surface area (Å²) >= 11 is 0. The van der Waals surface area contributed by atoms with Gasteiger partial charge in [-0.3, -0.25) is 14.7 Å². The lowest BCUT2D eigenvalue weighted by atomic mass is 10.2. The van der Waals surface area contributed by atoms with Crippen molar-refractivity contribution in [3.8, 4) is 0 Å². The number of amides is 2. The molecule has 70 valence electrons. The molecule has 1 aromatic heterocycles. The van der Waals surface area contributed by atoms with Gasteiger partial charge in [0.15, 0.2) is 0 Å². The minimum Gasteiger partial charge on any atom is -0.354 e. The fourth-order valence-electron chi connectivity index (χ4n) is 0.994. The quantitative estimate of drug-likeness (QED) is 0.538. The van der Waals surface area contributed by atoms with Crippen molar-refractivity contribution in [1.82, 2.24) is 15.5 Å². The molecule has 0 unspecified atom stereocenters. The van der Waals surface area contributed by atoms with Gasteiger partial charge in [0.1, 0.15) is 5.82 Å². The van der Waals surface area contributed by atoms with Crippen LogP contribution < -0.4 is 10.6 Å². The van der Waals surface area contributed by atoms with Crippen LogP contribution in [0.25, 0.3) is 0 Å². The molecule has 1 heterocycles. The van der Waals surface area contributed by atoms with Crippen LogP contribution >= 0.6 is 0 Å². The van der Waals surface area contributed by atoms with E-state index in [1.54, 1.807) is 6.92 Å². The molecule has 0 spiro atoms. The standard InChI is InChI=1S/C7H10N4O2/c1-5-6(2-8-3-12)7(9-4-13)11-10-5/h3-4H,2H2,1H3,(H,8,12)(H2,9,10,11,13). The Bertz CT molecular complexity index is 307. The highest BCUT2D eigenvalue weighted by Crippen LogP contribution is 2.14. The molecule has 0 saturated heterocycles. The first kappa shape index (κ1) is 9.24. The number of carbonyl (C=O) groups excluding carboxylic acids is 2. The summed E-state index contributed by atoms with van der Waals surface area (Å²) in [6.45, 7) is 2.14. The number of anilines is 1. The van der Waals surface area contributed by atoms with E-state index in [4.69, 9.17) is 0 Å². The fraction of sp³-hybridized carbons (Fsp3) is 0.286. The van der Waals surface area contributed by atoms with Crippen LogP contribution in [0.5, 0.6) is 0 Å². The third kappa shape index (κ3) is 2.05. The van der Waals surface area contributed by atoms with Gasteiger partial charge in [-0.15, -0.1) is 0 Å². The summed E-state index contributed by atoms with van der Waals surface area (Å²) < 4.78 is 0. The van der Waals surface area contributed by atoms with Crippen molar-refractivity contribution in [2.75, 3.05) is 5.32 Å².